The van der Waals surface area contributed by atoms with Crippen LogP contribution in [-0.4, -0.2) is 34.6 Å². The molecule has 2 unspecified atom stereocenters. The average molecular weight is 273 g/mol. The Hall–Kier alpha value is -2.55. The van der Waals surface area contributed by atoms with E-state index in [1.165, 1.54) is 4.90 Å². The maximum absolute atomic E-state index is 12.1. The summed E-state index contributed by atoms with van der Waals surface area (Å²) < 4.78 is 0. The molecule has 20 heavy (non-hydrogen) atoms. The zero-order chi connectivity index (χ0) is 14.7. The quantitative estimate of drug-likeness (QED) is 0.860. The highest BCUT2D eigenvalue weighted by Crippen LogP contribution is 2.25. The lowest BCUT2D eigenvalue weighted by atomic mass is 10.0. The van der Waals surface area contributed by atoms with E-state index in [4.69, 9.17) is 5.26 Å². The summed E-state index contributed by atoms with van der Waals surface area (Å²) in [5, 5.41) is 20.6. The highest BCUT2D eigenvalue weighted by atomic mass is 16.4. The first-order valence-electron chi connectivity index (χ1n) is 6.33. The molecular weight excluding hydrogens is 258 g/mol. The van der Waals surface area contributed by atoms with E-state index in [2.05, 4.69) is 5.32 Å². The van der Waals surface area contributed by atoms with Gasteiger partial charge in [0.05, 0.1) is 11.6 Å². The second-order valence-electron chi connectivity index (χ2n) is 4.87. The number of nitrogens with one attached hydrogen (secondary N) is 1. The normalized spacial score (nSPS) is 21.3. The zero-order valence-corrected chi connectivity index (χ0v) is 11.0. The van der Waals surface area contributed by atoms with E-state index < -0.39 is 18.0 Å². The van der Waals surface area contributed by atoms with Crippen molar-refractivity contribution in [3.8, 4) is 6.07 Å². The molecule has 104 valence electrons. The molecule has 2 amide bonds. The van der Waals surface area contributed by atoms with E-state index in [0.717, 1.165) is 0 Å². The van der Waals surface area contributed by atoms with Crippen molar-refractivity contribution in [3.05, 3.63) is 29.8 Å². The van der Waals surface area contributed by atoms with Crippen LogP contribution in [0.15, 0.2) is 24.3 Å². The van der Waals surface area contributed by atoms with Gasteiger partial charge in [0.2, 0.25) is 0 Å². The molecule has 0 spiro atoms. The third-order valence-electron chi connectivity index (χ3n) is 3.46. The third-order valence-corrected chi connectivity index (χ3v) is 3.46. The second-order valence-corrected chi connectivity index (χ2v) is 4.87. The monoisotopic (exact) mass is 273 g/mol. The van der Waals surface area contributed by atoms with E-state index in [-0.39, 0.29) is 5.92 Å². The Kier molecular flexibility index (Phi) is 3.89. The molecule has 6 heteroatoms. The topological polar surface area (TPSA) is 93.4 Å². The Morgan fingerprint density at radius 3 is 2.90 bits per heavy atom. The van der Waals surface area contributed by atoms with Gasteiger partial charge >= 0.3 is 12.0 Å². The fourth-order valence-electron chi connectivity index (χ4n) is 2.41. The molecule has 1 aliphatic heterocycles. The van der Waals surface area contributed by atoms with E-state index in [1.807, 2.05) is 13.0 Å². The SMILES string of the molecule is CC1CCN(C(=O)Nc2cccc(C#N)c2)C1C(=O)O. The number of aliphatic carboxylic acids is 1. The molecule has 1 aliphatic rings. The number of anilines is 1. The molecule has 1 aromatic rings. The summed E-state index contributed by atoms with van der Waals surface area (Å²) in [5.74, 6) is -1.06. The number of nitrogens with zero attached hydrogens (tertiary/aromatic N) is 2. The molecule has 0 saturated carbocycles. The minimum atomic E-state index is -0.990. The molecular formula is C14H15N3O3. The highest BCUT2D eigenvalue weighted by Gasteiger charge is 2.39. The molecule has 1 aromatic carbocycles. The second kappa shape index (κ2) is 5.61. The number of carbonyl (C=O) groups is 2. The average Bonchev–Trinajstić information content (AvgIpc) is 2.81. The smallest absolute Gasteiger partial charge is 0.326 e. The van der Waals surface area contributed by atoms with E-state index in [0.29, 0.717) is 24.2 Å². The first-order chi connectivity index (χ1) is 9.52. The number of carbonyl (C=O) groups excluding carboxylic acids is 1. The van der Waals surface area contributed by atoms with Gasteiger partial charge in [0, 0.05) is 12.2 Å². The van der Waals surface area contributed by atoms with Crippen molar-refractivity contribution in [1.29, 1.82) is 5.26 Å². The summed E-state index contributed by atoms with van der Waals surface area (Å²) in [6.07, 6.45) is 0.669. The van der Waals surface area contributed by atoms with Crippen molar-refractivity contribution >= 4 is 17.7 Å². The summed E-state index contributed by atoms with van der Waals surface area (Å²) in [6.45, 7) is 2.24. The van der Waals surface area contributed by atoms with Crippen LogP contribution in [0.3, 0.4) is 0 Å². The first-order valence-corrected chi connectivity index (χ1v) is 6.33. The number of amides is 2. The number of urea groups is 1. The van der Waals surface area contributed by atoms with Gasteiger partial charge in [-0.2, -0.15) is 5.26 Å². The van der Waals surface area contributed by atoms with Crippen LogP contribution in [0.25, 0.3) is 0 Å². The van der Waals surface area contributed by atoms with E-state index in [9.17, 15) is 14.7 Å². The minimum absolute atomic E-state index is 0.0660. The fourth-order valence-corrected chi connectivity index (χ4v) is 2.41. The van der Waals surface area contributed by atoms with Gasteiger partial charge in [-0.1, -0.05) is 13.0 Å². The fraction of sp³-hybridized carbons (Fsp3) is 0.357. The molecule has 1 heterocycles. The Morgan fingerprint density at radius 2 is 2.25 bits per heavy atom. The number of hydrogen-bond donors (Lipinski definition) is 2. The molecule has 2 atom stereocenters. The molecule has 0 radical (unpaired) electrons. The lowest BCUT2D eigenvalue weighted by Gasteiger charge is -2.23. The Labute approximate surface area is 116 Å². The molecule has 1 saturated heterocycles. The van der Waals surface area contributed by atoms with Crippen molar-refractivity contribution < 1.29 is 14.7 Å². The predicted molar refractivity (Wildman–Crippen MR) is 72.1 cm³/mol. The summed E-state index contributed by atoms with van der Waals surface area (Å²) in [5.41, 5.74) is 0.921. The van der Waals surface area contributed by atoms with Crippen molar-refractivity contribution in [1.82, 2.24) is 4.90 Å². The van der Waals surface area contributed by atoms with Crippen LogP contribution in [0.4, 0.5) is 10.5 Å². The van der Waals surface area contributed by atoms with Gasteiger partial charge in [-0.15, -0.1) is 0 Å². The van der Waals surface area contributed by atoms with Crippen molar-refractivity contribution in [2.24, 2.45) is 5.92 Å². The Balaban J connectivity index is 2.12. The van der Waals surface area contributed by atoms with E-state index >= 15 is 0 Å². The molecule has 0 aromatic heterocycles. The molecule has 2 rings (SSSR count). The number of carboxylic acids is 1. The molecule has 0 bridgehead atoms. The predicted octanol–water partition coefficient (Wildman–Crippen LogP) is 1.89. The number of hydrogen-bond acceptors (Lipinski definition) is 3. The van der Waals surface area contributed by atoms with Crippen molar-refractivity contribution in [2.45, 2.75) is 19.4 Å². The third kappa shape index (κ3) is 2.72. The number of likely N-dealkylation sites (tertiary alicyclic amines) is 1. The Morgan fingerprint density at radius 1 is 1.50 bits per heavy atom. The van der Waals surface area contributed by atoms with Crippen LogP contribution in [0.2, 0.25) is 0 Å². The van der Waals surface area contributed by atoms with Gasteiger partial charge in [-0.3, -0.25) is 0 Å². The van der Waals surface area contributed by atoms with Crippen LogP contribution < -0.4 is 5.32 Å². The lowest BCUT2D eigenvalue weighted by Crippen LogP contribution is -2.44. The number of nitriles is 1. The Bertz CT molecular complexity index is 579. The highest BCUT2D eigenvalue weighted by molar-refractivity contribution is 5.93. The van der Waals surface area contributed by atoms with Gasteiger partial charge in [0.25, 0.3) is 0 Å². The van der Waals surface area contributed by atoms with Crippen LogP contribution in [0.1, 0.15) is 18.9 Å². The maximum Gasteiger partial charge on any atom is 0.326 e. The minimum Gasteiger partial charge on any atom is -0.480 e. The number of carboxylic acid groups (broad SMARTS) is 1. The van der Waals surface area contributed by atoms with E-state index in [1.54, 1.807) is 24.3 Å². The largest absolute Gasteiger partial charge is 0.480 e. The van der Waals surface area contributed by atoms with Crippen LogP contribution in [0.5, 0.6) is 0 Å². The molecule has 1 fully saturated rings. The van der Waals surface area contributed by atoms with Gasteiger partial charge in [0.15, 0.2) is 0 Å². The van der Waals surface area contributed by atoms with Crippen molar-refractivity contribution in [3.63, 3.8) is 0 Å². The first kappa shape index (κ1) is 13.9. The summed E-state index contributed by atoms with van der Waals surface area (Å²) in [6, 6.07) is 7.24. The van der Waals surface area contributed by atoms with Gasteiger partial charge in [-0.25, -0.2) is 9.59 Å². The summed E-state index contributed by atoms with van der Waals surface area (Å²) in [7, 11) is 0. The maximum atomic E-state index is 12.1. The van der Waals surface area contributed by atoms with Crippen molar-refractivity contribution in [2.75, 3.05) is 11.9 Å². The zero-order valence-electron chi connectivity index (χ0n) is 11.0. The van der Waals surface area contributed by atoms with Crippen LogP contribution in [-0.2, 0) is 4.79 Å². The summed E-state index contributed by atoms with van der Waals surface area (Å²) in [4.78, 5) is 24.7. The number of rotatable bonds is 2. The van der Waals surface area contributed by atoms with Crippen LogP contribution >= 0.6 is 0 Å². The summed E-state index contributed by atoms with van der Waals surface area (Å²) >= 11 is 0. The lowest BCUT2D eigenvalue weighted by molar-refractivity contribution is -0.142. The molecule has 6 nitrogen and oxygen atoms in total. The van der Waals surface area contributed by atoms with Gasteiger partial charge in [0.1, 0.15) is 6.04 Å². The molecule has 0 aliphatic carbocycles. The molecule has 2 N–H and O–H groups in total. The standard InChI is InChI=1S/C14H15N3O3/c1-9-5-6-17(12(9)13(18)19)14(20)16-11-4-2-3-10(7-11)8-15/h2-4,7,9,12H,5-6H2,1H3,(H,16,20)(H,18,19). The number of benzene rings is 1. The van der Waals surface area contributed by atoms with Crippen LogP contribution in [0, 0.1) is 17.2 Å². The van der Waals surface area contributed by atoms with Gasteiger partial charge < -0.3 is 15.3 Å². The van der Waals surface area contributed by atoms with Gasteiger partial charge in [-0.05, 0) is 30.5 Å².